The molecule has 2 aromatic rings. The molecule has 0 amide bonds. The van der Waals surface area contributed by atoms with Crippen LogP contribution in [0, 0.1) is 0 Å². The molecule has 0 aliphatic rings. The van der Waals surface area contributed by atoms with E-state index in [1.807, 2.05) is 37.4 Å². The highest BCUT2D eigenvalue weighted by Crippen LogP contribution is 2.07. The maximum Gasteiger partial charge on any atom is 0.303 e. The van der Waals surface area contributed by atoms with Gasteiger partial charge in [-0.05, 0) is 5.56 Å². The first-order valence-corrected chi connectivity index (χ1v) is 5.79. The Morgan fingerprint density at radius 2 is 2.06 bits per heavy atom. The number of carboxylic acid groups (broad SMARTS) is 1. The molecule has 5 heteroatoms. The zero-order valence-electron chi connectivity index (χ0n) is 10.2. The first-order valence-electron chi connectivity index (χ1n) is 5.79. The van der Waals surface area contributed by atoms with Crippen LogP contribution in [0.5, 0.6) is 0 Å². The molecule has 1 aromatic carbocycles. The molecular formula is C13H15N3O2. The van der Waals surface area contributed by atoms with Crippen molar-refractivity contribution in [1.29, 1.82) is 0 Å². The van der Waals surface area contributed by atoms with Gasteiger partial charge in [0.1, 0.15) is 5.82 Å². The van der Waals surface area contributed by atoms with Gasteiger partial charge in [-0.1, -0.05) is 30.3 Å². The SMILES string of the molecule is Cn1nc(CCC(=O)O)nc1Cc1ccccc1. The molecule has 0 fully saturated rings. The second-order valence-electron chi connectivity index (χ2n) is 4.12. The van der Waals surface area contributed by atoms with E-state index in [4.69, 9.17) is 5.11 Å². The minimum Gasteiger partial charge on any atom is -0.481 e. The summed E-state index contributed by atoms with van der Waals surface area (Å²) in [6.45, 7) is 0. The molecule has 0 atom stereocenters. The maximum absolute atomic E-state index is 10.5. The summed E-state index contributed by atoms with van der Waals surface area (Å²) < 4.78 is 1.71. The first-order chi connectivity index (χ1) is 8.65. The molecule has 94 valence electrons. The molecule has 1 aromatic heterocycles. The summed E-state index contributed by atoms with van der Waals surface area (Å²) in [5, 5.41) is 12.8. The van der Waals surface area contributed by atoms with E-state index in [-0.39, 0.29) is 6.42 Å². The van der Waals surface area contributed by atoms with Gasteiger partial charge in [-0.25, -0.2) is 4.98 Å². The number of benzene rings is 1. The molecule has 0 aliphatic heterocycles. The van der Waals surface area contributed by atoms with Gasteiger partial charge in [-0.15, -0.1) is 0 Å². The number of rotatable bonds is 5. The molecule has 0 spiro atoms. The lowest BCUT2D eigenvalue weighted by Gasteiger charge is -1.99. The normalized spacial score (nSPS) is 10.5. The number of nitrogens with zero attached hydrogens (tertiary/aromatic N) is 3. The van der Waals surface area contributed by atoms with Crippen LogP contribution in [0.15, 0.2) is 30.3 Å². The standard InChI is InChI=1S/C13H15N3O2/c1-16-12(9-10-5-3-2-4-6-10)14-11(15-16)7-8-13(17)18/h2-6H,7-9H2,1H3,(H,17,18). The summed E-state index contributed by atoms with van der Waals surface area (Å²) in [6, 6.07) is 10.0. The van der Waals surface area contributed by atoms with Gasteiger partial charge in [-0.2, -0.15) is 5.10 Å². The van der Waals surface area contributed by atoms with Crippen LogP contribution in [-0.4, -0.2) is 25.8 Å². The average molecular weight is 245 g/mol. The Balaban J connectivity index is 2.07. The number of carboxylic acids is 1. The van der Waals surface area contributed by atoms with Crippen LogP contribution in [0.4, 0.5) is 0 Å². The van der Waals surface area contributed by atoms with Gasteiger partial charge in [0.05, 0.1) is 6.42 Å². The van der Waals surface area contributed by atoms with Crippen molar-refractivity contribution < 1.29 is 9.90 Å². The van der Waals surface area contributed by atoms with Crippen molar-refractivity contribution >= 4 is 5.97 Å². The number of carbonyl (C=O) groups is 1. The highest BCUT2D eigenvalue weighted by atomic mass is 16.4. The van der Waals surface area contributed by atoms with Crippen molar-refractivity contribution in [2.24, 2.45) is 7.05 Å². The minimum absolute atomic E-state index is 0.0643. The number of hydrogen-bond acceptors (Lipinski definition) is 3. The second-order valence-corrected chi connectivity index (χ2v) is 4.12. The van der Waals surface area contributed by atoms with E-state index in [0.29, 0.717) is 18.7 Å². The van der Waals surface area contributed by atoms with E-state index in [2.05, 4.69) is 10.1 Å². The van der Waals surface area contributed by atoms with Crippen LogP contribution < -0.4 is 0 Å². The quantitative estimate of drug-likeness (QED) is 0.865. The molecule has 5 nitrogen and oxygen atoms in total. The molecule has 0 radical (unpaired) electrons. The summed E-state index contributed by atoms with van der Waals surface area (Å²) in [5.41, 5.74) is 1.16. The minimum atomic E-state index is -0.827. The number of aliphatic carboxylic acids is 1. The van der Waals surface area contributed by atoms with Gasteiger partial charge in [0.2, 0.25) is 0 Å². The average Bonchev–Trinajstić information content (AvgIpc) is 2.69. The Kier molecular flexibility index (Phi) is 3.72. The number of hydrogen-bond donors (Lipinski definition) is 1. The lowest BCUT2D eigenvalue weighted by molar-refractivity contribution is -0.137. The molecule has 0 unspecified atom stereocenters. The molecule has 2 rings (SSSR count). The third-order valence-corrected chi connectivity index (χ3v) is 2.66. The highest BCUT2D eigenvalue weighted by molar-refractivity contribution is 5.66. The fourth-order valence-corrected chi connectivity index (χ4v) is 1.73. The smallest absolute Gasteiger partial charge is 0.303 e. The number of aromatic nitrogens is 3. The van der Waals surface area contributed by atoms with Crippen molar-refractivity contribution in [2.75, 3.05) is 0 Å². The van der Waals surface area contributed by atoms with E-state index >= 15 is 0 Å². The third kappa shape index (κ3) is 3.16. The molecular weight excluding hydrogens is 230 g/mol. The largest absolute Gasteiger partial charge is 0.481 e. The van der Waals surface area contributed by atoms with Gasteiger partial charge in [-0.3, -0.25) is 9.48 Å². The Morgan fingerprint density at radius 1 is 1.33 bits per heavy atom. The molecule has 0 saturated heterocycles. The fraction of sp³-hybridized carbons (Fsp3) is 0.308. The lowest BCUT2D eigenvalue weighted by atomic mass is 10.1. The van der Waals surface area contributed by atoms with Crippen LogP contribution in [0.3, 0.4) is 0 Å². The summed E-state index contributed by atoms with van der Waals surface area (Å²) >= 11 is 0. The van der Waals surface area contributed by atoms with Crippen LogP contribution >= 0.6 is 0 Å². The number of aryl methyl sites for hydroxylation is 2. The summed E-state index contributed by atoms with van der Waals surface area (Å²) in [4.78, 5) is 14.9. The van der Waals surface area contributed by atoms with Crippen LogP contribution in [0.1, 0.15) is 23.6 Å². The molecule has 1 heterocycles. The van der Waals surface area contributed by atoms with E-state index < -0.39 is 5.97 Å². The van der Waals surface area contributed by atoms with E-state index in [1.54, 1.807) is 4.68 Å². The zero-order chi connectivity index (χ0) is 13.0. The predicted molar refractivity (Wildman–Crippen MR) is 66.2 cm³/mol. The van der Waals surface area contributed by atoms with Crippen molar-refractivity contribution in [2.45, 2.75) is 19.3 Å². The Hall–Kier alpha value is -2.17. The molecule has 0 saturated carbocycles. The molecule has 0 bridgehead atoms. The first kappa shape index (κ1) is 12.3. The molecule has 0 aliphatic carbocycles. The van der Waals surface area contributed by atoms with E-state index in [1.165, 1.54) is 0 Å². The topological polar surface area (TPSA) is 68.0 Å². The lowest BCUT2D eigenvalue weighted by Crippen LogP contribution is -2.00. The van der Waals surface area contributed by atoms with Gasteiger partial charge in [0.15, 0.2) is 5.82 Å². The predicted octanol–water partition coefficient (Wildman–Crippen LogP) is 1.42. The van der Waals surface area contributed by atoms with Crippen molar-refractivity contribution in [3.8, 4) is 0 Å². The summed E-state index contributed by atoms with van der Waals surface area (Å²) in [6.07, 6.45) is 1.14. The van der Waals surface area contributed by atoms with Gasteiger partial charge >= 0.3 is 5.97 Å². The zero-order valence-corrected chi connectivity index (χ0v) is 10.2. The van der Waals surface area contributed by atoms with Crippen molar-refractivity contribution in [3.63, 3.8) is 0 Å². The van der Waals surface area contributed by atoms with Gasteiger partial charge in [0.25, 0.3) is 0 Å². The Morgan fingerprint density at radius 3 is 2.72 bits per heavy atom. The molecule has 18 heavy (non-hydrogen) atoms. The van der Waals surface area contributed by atoms with Crippen molar-refractivity contribution in [1.82, 2.24) is 14.8 Å². The van der Waals surface area contributed by atoms with E-state index in [0.717, 1.165) is 11.4 Å². The Bertz CT molecular complexity index is 534. The second kappa shape index (κ2) is 5.44. The van der Waals surface area contributed by atoms with Crippen LogP contribution in [0.25, 0.3) is 0 Å². The fourth-order valence-electron chi connectivity index (χ4n) is 1.73. The van der Waals surface area contributed by atoms with Gasteiger partial charge < -0.3 is 5.11 Å². The van der Waals surface area contributed by atoms with Crippen LogP contribution in [0.2, 0.25) is 0 Å². The van der Waals surface area contributed by atoms with Crippen LogP contribution in [-0.2, 0) is 24.7 Å². The monoisotopic (exact) mass is 245 g/mol. The van der Waals surface area contributed by atoms with Gasteiger partial charge in [0, 0.05) is 19.9 Å². The van der Waals surface area contributed by atoms with E-state index in [9.17, 15) is 4.79 Å². The summed E-state index contributed by atoms with van der Waals surface area (Å²) in [7, 11) is 1.83. The third-order valence-electron chi connectivity index (χ3n) is 2.66. The highest BCUT2D eigenvalue weighted by Gasteiger charge is 2.09. The summed E-state index contributed by atoms with van der Waals surface area (Å²) in [5.74, 6) is 0.611. The Labute approximate surface area is 105 Å². The van der Waals surface area contributed by atoms with Crippen molar-refractivity contribution in [3.05, 3.63) is 47.5 Å². The molecule has 1 N–H and O–H groups in total. The maximum atomic E-state index is 10.5.